The number of carbonyl (C=O) groups excluding carboxylic acids is 1. The van der Waals surface area contributed by atoms with Gasteiger partial charge in [0.1, 0.15) is 17.3 Å². The van der Waals surface area contributed by atoms with E-state index in [0.29, 0.717) is 17.4 Å². The molecule has 3 heterocycles. The topological polar surface area (TPSA) is 63.0 Å². The Kier molecular flexibility index (Phi) is 5.67. The van der Waals surface area contributed by atoms with Gasteiger partial charge >= 0.3 is 0 Å². The van der Waals surface area contributed by atoms with Gasteiger partial charge in [-0.2, -0.15) is 0 Å². The largest absolute Gasteiger partial charge is 0.495 e. The van der Waals surface area contributed by atoms with Gasteiger partial charge in [0.25, 0.3) is 5.91 Å². The maximum absolute atomic E-state index is 13.7. The highest BCUT2D eigenvalue weighted by Gasteiger charge is 2.49. The van der Waals surface area contributed by atoms with Gasteiger partial charge in [-0.25, -0.2) is 14.4 Å². The lowest BCUT2D eigenvalue weighted by Crippen LogP contribution is -2.59. The number of fused-ring (bicyclic) bond motifs is 1. The number of ether oxygens (including phenoxy) is 1. The average molecular weight is 474 g/mol. The molecule has 180 valence electrons. The summed E-state index contributed by atoms with van der Waals surface area (Å²) in [5.74, 6) is 0.838. The number of hydrogen-bond donors (Lipinski definition) is 0. The van der Waals surface area contributed by atoms with Crippen LogP contribution in [-0.4, -0.2) is 51.4 Å². The normalized spacial score (nSPS) is 20.9. The van der Waals surface area contributed by atoms with Crippen LogP contribution in [0.5, 0.6) is 5.75 Å². The summed E-state index contributed by atoms with van der Waals surface area (Å²) in [5, 5.41) is 0. The maximum atomic E-state index is 13.7. The van der Waals surface area contributed by atoms with Crippen molar-refractivity contribution in [3.63, 3.8) is 0 Å². The number of benzene rings is 2. The second-order valence-electron chi connectivity index (χ2n) is 9.05. The molecule has 0 aliphatic carbocycles. The van der Waals surface area contributed by atoms with Crippen molar-refractivity contribution in [1.82, 2.24) is 19.4 Å². The number of methoxy groups -OCH3 is 1. The number of aryl methyl sites for hydroxylation is 1. The van der Waals surface area contributed by atoms with Gasteiger partial charge in [-0.3, -0.25) is 9.69 Å². The molecule has 7 nitrogen and oxygen atoms in total. The van der Waals surface area contributed by atoms with Crippen molar-refractivity contribution >= 4 is 17.9 Å². The molecule has 3 aromatic rings. The number of nitrogens with zero attached hydrogens (tertiary/aromatic N) is 5. The third kappa shape index (κ3) is 3.88. The van der Waals surface area contributed by atoms with E-state index in [4.69, 9.17) is 9.73 Å². The molecule has 0 saturated carbocycles. The van der Waals surface area contributed by atoms with Gasteiger partial charge < -0.3 is 14.2 Å². The highest BCUT2D eigenvalue weighted by molar-refractivity contribution is 6.14. The molecule has 0 N–H and O–H groups in total. The Bertz CT molecular complexity index is 1340. The van der Waals surface area contributed by atoms with Crippen LogP contribution in [0.15, 0.2) is 65.7 Å². The second-order valence-corrected chi connectivity index (χ2v) is 9.05. The molecule has 2 aliphatic heterocycles. The zero-order valence-corrected chi connectivity index (χ0v) is 20.3. The Labute approximate surface area is 204 Å². The summed E-state index contributed by atoms with van der Waals surface area (Å²) in [7, 11) is 1.62. The number of carbonyl (C=O) groups is 1. The van der Waals surface area contributed by atoms with Crippen molar-refractivity contribution in [3.05, 3.63) is 83.3 Å². The van der Waals surface area contributed by atoms with Gasteiger partial charge in [0, 0.05) is 19.3 Å². The Hall–Kier alpha value is -3.94. The van der Waals surface area contributed by atoms with Gasteiger partial charge in [-0.05, 0) is 68.7 Å². The average Bonchev–Trinajstić information content (AvgIpc) is 3.43. The SMILES string of the molecule is CCN1CCC(C)(c2ccc(F)cc2)N2C(=O)/C(=C/c3ccc(-n4cnc(C)c4)c(OC)c3)N=C12. The van der Waals surface area contributed by atoms with Gasteiger partial charge in [0.2, 0.25) is 5.96 Å². The smallest absolute Gasteiger partial charge is 0.280 e. The molecule has 1 fully saturated rings. The Balaban J connectivity index is 1.53. The fraction of sp³-hybridized carbons (Fsp3) is 0.296. The van der Waals surface area contributed by atoms with Crippen LogP contribution in [0.2, 0.25) is 0 Å². The van der Waals surface area contributed by atoms with E-state index in [1.807, 2.05) is 42.8 Å². The Morgan fingerprint density at radius 1 is 1.20 bits per heavy atom. The molecule has 0 radical (unpaired) electrons. The van der Waals surface area contributed by atoms with Gasteiger partial charge in [0.05, 0.1) is 30.4 Å². The molecule has 1 aromatic heterocycles. The van der Waals surface area contributed by atoms with E-state index >= 15 is 0 Å². The number of halogens is 1. The second kappa shape index (κ2) is 8.69. The lowest BCUT2D eigenvalue weighted by Gasteiger charge is -2.47. The number of guanidine groups is 1. The third-order valence-corrected chi connectivity index (χ3v) is 6.83. The summed E-state index contributed by atoms with van der Waals surface area (Å²) in [6, 6.07) is 12.1. The van der Waals surface area contributed by atoms with Crippen LogP contribution in [-0.2, 0) is 10.3 Å². The molecule has 1 atom stereocenters. The van der Waals surface area contributed by atoms with Crippen LogP contribution < -0.4 is 4.74 Å². The first-order chi connectivity index (χ1) is 16.8. The number of aromatic nitrogens is 2. The molecule has 35 heavy (non-hydrogen) atoms. The van der Waals surface area contributed by atoms with Crippen LogP contribution in [0, 0.1) is 12.7 Å². The summed E-state index contributed by atoms with van der Waals surface area (Å²) >= 11 is 0. The summed E-state index contributed by atoms with van der Waals surface area (Å²) in [4.78, 5) is 26.6. The van der Waals surface area contributed by atoms with Crippen molar-refractivity contribution in [3.8, 4) is 11.4 Å². The standard InChI is InChI=1S/C27H28FN5O2/c1-5-31-13-12-27(3,20-7-9-21(28)10-8-20)33-25(34)22(30-26(31)33)14-19-6-11-23(24(15-19)35-4)32-16-18(2)29-17-32/h6-11,14-17H,5,12-13H2,1-4H3/b22-14-. The van der Waals surface area contributed by atoms with E-state index in [0.717, 1.165) is 42.0 Å². The summed E-state index contributed by atoms with van der Waals surface area (Å²) < 4.78 is 21.1. The van der Waals surface area contributed by atoms with Gasteiger partial charge in [0.15, 0.2) is 0 Å². The van der Waals surface area contributed by atoms with E-state index in [9.17, 15) is 9.18 Å². The highest BCUT2D eigenvalue weighted by Crippen LogP contribution is 2.40. The van der Waals surface area contributed by atoms with E-state index in [1.165, 1.54) is 12.1 Å². The quantitative estimate of drug-likeness (QED) is 0.512. The van der Waals surface area contributed by atoms with Crippen LogP contribution >= 0.6 is 0 Å². The van der Waals surface area contributed by atoms with E-state index in [2.05, 4.69) is 16.8 Å². The maximum Gasteiger partial charge on any atom is 0.280 e. The van der Waals surface area contributed by atoms with Crippen LogP contribution in [0.3, 0.4) is 0 Å². The molecule has 0 bridgehead atoms. The predicted molar refractivity (Wildman–Crippen MR) is 133 cm³/mol. The molecule has 5 rings (SSSR count). The van der Waals surface area contributed by atoms with Crippen molar-refractivity contribution in [2.45, 2.75) is 32.7 Å². The van der Waals surface area contributed by atoms with E-state index in [-0.39, 0.29) is 11.7 Å². The fourth-order valence-corrected chi connectivity index (χ4v) is 4.82. The zero-order valence-electron chi connectivity index (χ0n) is 20.3. The number of aliphatic imine (C=N–C) groups is 1. The molecule has 1 unspecified atom stereocenters. The minimum atomic E-state index is -0.619. The predicted octanol–water partition coefficient (Wildman–Crippen LogP) is 4.51. The van der Waals surface area contributed by atoms with E-state index in [1.54, 1.807) is 36.5 Å². The van der Waals surface area contributed by atoms with Crippen molar-refractivity contribution in [2.24, 2.45) is 4.99 Å². The van der Waals surface area contributed by atoms with Crippen molar-refractivity contribution < 1.29 is 13.9 Å². The molecule has 2 aliphatic rings. The number of rotatable bonds is 5. The Morgan fingerprint density at radius 3 is 2.63 bits per heavy atom. The first kappa shape index (κ1) is 22.8. The molecule has 1 saturated heterocycles. The van der Waals surface area contributed by atoms with Crippen molar-refractivity contribution in [2.75, 3.05) is 20.2 Å². The first-order valence-electron chi connectivity index (χ1n) is 11.7. The molecule has 0 spiro atoms. The van der Waals surface area contributed by atoms with Gasteiger partial charge in [-0.1, -0.05) is 18.2 Å². The first-order valence-corrected chi connectivity index (χ1v) is 11.7. The summed E-state index contributed by atoms with van der Waals surface area (Å²) in [6.07, 6.45) is 6.18. The van der Waals surface area contributed by atoms with Gasteiger partial charge in [-0.15, -0.1) is 0 Å². The van der Waals surface area contributed by atoms with E-state index < -0.39 is 5.54 Å². The van der Waals surface area contributed by atoms with Crippen molar-refractivity contribution in [1.29, 1.82) is 0 Å². The molecule has 2 aromatic carbocycles. The number of amides is 1. The molecule has 8 heteroatoms. The molecule has 1 amide bonds. The molecular weight excluding hydrogens is 445 g/mol. The minimum Gasteiger partial charge on any atom is -0.495 e. The monoisotopic (exact) mass is 473 g/mol. The third-order valence-electron chi connectivity index (χ3n) is 6.83. The number of hydrogen-bond acceptors (Lipinski definition) is 5. The lowest BCUT2D eigenvalue weighted by atomic mass is 9.85. The van der Waals surface area contributed by atoms with Crippen LogP contribution in [0.25, 0.3) is 11.8 Å². The number of imidazole rings is 1. The zero-order chi connectivity index (χ0) is 24.7. The summed E-state index contributed by atoms with van der Waals surface area (Å²) in [5.41, 5.74) is 3.21. The van der Waals surface area contributed by atoms with Crippen LogP contribution in [0.4, 0.5) is 4.39 Å². The van der Waals surface area contributed by atoms with Crippen LogP contribution in [0.1, 0.15) is 37.1 Å². The minimum absolute atomic E-state index is 0.168. The fourth-order valence-electron chi connectivity index (χ4n) is 4.82. The Morgan fingerprint density at radius 2 is 1.97 bits per heavy atom. The lowest BCUT2D eigenvalue weighted by molar-refractivity contribution is -0.128. The summed E-state index contributed by atoms with van der Waals surface area (Å²) in [6.45, 7) is 7.50. The highest BCUT2D eigenvalue weighted by atomic mass is 19.1. The molecular formula is C27H28FN5O2.